The van der Waals surface area contributed by atoms with Crippen LogP contribution in [0.15, 0.2) is 23.3 Å². The van der Waals surface area contributed by atoms with Gasteiger partial charge in [0.1, 0.15) is 30.3 Å². The molecule has 0 radical (unpaired) electrons. The van der Waals surface area contributed by atoms with E-state index in [9.17, 15) is 38.7 Å². The largest absolute Gasteiger partial charge is 0.456 e. The van der Waals surface area contributed by atoms with E-state index in [1.165, 1.54) is 55.8 Å². The van der Waals surface area contributed by atoms with Crippen LogP contribution in [0.2, 0.25) is 0 Å². The Morgan fingerprint density at radius 1 is 0.814 bits per heavy atom. The van der Waals surface area contributed by atoms with Gasteiger partial charge in [0, 0.05) is 38.6 Å². The second kappa shape index (κ2) is 24.1. The molecule has 3 N–H and O–H groups in total. The summed E-state index contributed by atoms with van der Waals surface area (Å²) >= 11 is 0. The maximum atomic E-state index is 14.2. The van der Waals surface area contributed by atoms with Crippen molar-refractivity contribution in [3.8, 4) is 0 Å². The molecule has 0 aromatic heterocycles. The van der Waals surface area contributed by atoms with Gasteiger partial charge in [-0.1, -0.05) is 87.8 Å². The van der Waals surface area contributed by atoms with Crippen LogP contribution in [0.5, 0.6) is 0 Å². The summed E-state index contributed by atoms with van der Waals surface area (Å²) in [6.07, 6.45) is 1.75. The van der Waals surface area contributed by atoms with Gasteiger partial charge in [-0.15, -0.1) is 0 Å². The van der Waals surface area contributed by atoms with E-state index < -0.39 is 114 Å². The normalized spacial score (nSPS) is 28.9. The Labute approximate surface area is 353 Å². The number of ether oxygens (including phenoxy) is 2. The molecular formula is C44H75N5O10. The second-order valence-electron chi connectivity index (χ2n) is 17.1. The first-order valence-electron chi connectivity index (χ1n) is 21.2. The van der Waals surface area contributed by atoms with Crippen LogP contribution in [0.1, 0.15) is 116 Å². The number of allylic oxidation sites excluding steroid dienone is 1. The topological polar surface area (TPSA) is 192 Å². The maximum Gasteiger partial charge on any atom is 0.334 e. The number of rotatable bonds is 8. The van der Waals surface area contributed by atoms with Gasteiger partial charge in [-0.2, -0.15) is 0 Å². The Morgan fingerprint density at radius 2 is 1.34 bits per heavy atom. The molecule has 59 heavy (non-hydrogen) atoms. The fraction of sp³-hybridized carbons (Fsp3) is 0.750. The summed E-state index contributed by atoms with van der Waals surface area (Å²) in [6, 6.07) is -4.26. The van der Waals surface area contributed by atoms with E-state index in [1.807, 2.05) is 33.8 Å². The molecule has 15 nitrogen and oxygen atoms in total. The Kier molecular flexibility index (Phi) is 21.5. The second-order valence-corrected chi connectivity index (χ2v) is 17.1. The highest BCUT2D eigenvalue weighted by Gasteiger charge is 2.40. The summed E-state index contributed by atoms with van der Waals surface area (Å²) in [6.45, 7) is 22.3. The molecule has 0 saturated carbocycles. The molecule has 5 amide bonds. The third-order valence-corrected chi connectivity index (χ3v) is 11.7. The third kappa shape index (κ3) is 14.5. The Hall–Kier alpha value is -4.27. The summed E-state index contributed by atoms with van der Waals surface area (Å²) in [7, 11) is 4.36. The highest BCUT2D eigenvalue weighted by atomic mass is 16.6. The molecule has 0 bridgehead atoms. The number of carbonyl (C=O) groups excluding carboxylic acids is 7. The van der Waals surface area contributed by atoms with Gasteiger partial charge in [0.25, 0.3) is 5.91 Å². The van der Waals surface area contributed by atoms with Gasteiger partial charge in [0.15, 0.2) is 6.10 Å². The zero-order valence-corrected chi connectivity index (χ0v) is 38.6. The van der Waals surface area contributed by atoms with E-state index in [0.717, 1.165) is 0 Å². The number of esters is 2. The van der Waals surface area contributed by atoms with Crippen LogP contribution in [0.4, 0.5) is 0 Å². The van der Waals surface area contributed by atoms with Crippen molar-refractivity contribution in [2.75, 3.05) is 27.7 Å². The molecule has 336 valence electrons. The van der Waals surface area contributed by atoms with Crippen molar-refractivity contribution in [2.24, 2.45) is 29.6 Å². The lowest BCUT2D eigenvalue weighted by molar-refractivity contribution is -0.160. The Morgan fingerprint density at radius 3 is 1.85 bits per heavy atom. The van der Waals surface area contributed by atoms with Crippen molar-refractivity contribution < 1.29 is 48.1 Å². The summed E-state index contributed by atoms with van der Waals surface area (Å²) in [5.74, 6) is -6.70. The molecule has 1 aliphatic heterocycles. The first-order valence-corrected chi connectivity index (χ1v) is 21.2. The lowest BCUT2D eigenvalue weighted by atomic mass is 9.90. The average molecular weight is 834 g/mol. The highest BCUT2D eigenvalue weighted by Crippen LogP contribution is 2.25. The minimum Gasteiger partial charge on any atom is -0.456 e. The Bertz CT molecular complexity index is 1540. The molecule has 0 unspecified atom stereocenters. The van der Waals surface area contributed by atoms with Gasteiger partial charge >= 0.3 is 11.9 Å². The Balaban J connectivity index is 3.89. The molecule has 10 atom stereocenters. The first-order chi connectivity index (χ1) is 27.4. The number of amides is 5. The minimum absolute atomic E-state index is 0.0129. The average Bonchev–Trinajstić information content (AvgIpc) is 3.18. The number of nitrogens with one attached hydrogen (secondary N) is 2. The van der Waals surface area contributed by atoms with E-state index in [2.05, 4.69) is 10.6 Å². The number of aliphatic hydroxyl groups excluding tert-OH is 1. The smallest absolute Gasteiger partial charge is 0.334 e. The van der Waals surface area contributed by atoms with Crippen molar-refractivity contribution >= 4 is 41.5 Å². The van der Waals surface area contributed by atoms with E-state index in [-0.39, 0.29) is 17.9 Å². The van der Waals surface area contributed by atoms with Crippen LogP contribution in [0, 0.1) is 29.6 Å². The molecule has 0 aromatic carbocycles. The van der Waals surface area contributed by atoms with Crippen molar-refractivity contribution in [1.82, 2.24) is 25.3 Å². The monoisotopic (exact) mass is 834 g/mol. The van der Waals surface area contributed by atoms with Crippen LogP contribution in [-0.2, 0) is 43.0 Å². The number of aliphatic hydroxyl groups is 1. The lowest BCUT2D eigenvalue weighted by Crippen LogP contribution is -2.60. The van der Waals surface area contributed by atoms with E-state index in [0.29, 0.717) is 24.8 Å². The number of cyclic esters (lactones) is 2. The SMILES string of the molecule is CC/C=C(\C)[C@H]1OC(=O)[C@H](C)N(C)C(=O)[C@H](C(C)C)NC(=O)CN(C)C(=O)[C@H]([C@H](C)CC)N(C)C(=O)[C@H](C(C)C)NC(=O)[C@@H]([C@@H](C)CC)OC(=O)C(C)=CC[C@H](O)[C@@H]1C. The van der Waals surface area contributed by atoms with Crippen LogP contribution in [0.3, 0.4) is 0 Å². The van der Waals surface area contributed by atoms with E-state index >= 15 is 0 Å². The minimum atomic E-state index is -1.26. The standard InChI is InChI=1S/C44H75N5O10/c1-17-20-28(10)37-30(12)32(50)22-21-29(11)43(56)59-38(27(9)19-3)39(52)46-35(25(6)7)41(54)49(16)36(26(8)18-2)42(55)47(14)23-33(51)45-34(24(4)5)40(53)48(15)31(13)44(57)58-37/h20-21,24-27,30-32,34-38,50H,17-19,22-23H2,1-16H3,(H,45,51)(H,46,52)/b28-20+,29-21?/t26-,27+,30+,31+,32+,34+,35+,36+,37-,38-/m1/s1. The van der Waals surface area contributed by atoms with Crippen molar-refractivity contribution in [2.45, 2.75) is 158 Å². The molecule has 15 heteroatoms. The highest BCUT2D eigenvalue weighted by molar-refractivity contribution is 5.96. The summed E-state index contributed by atoms with van der Waals surface area (Å²) < 4.78 is 11.8. The predicted octanol–water partition coefficient (Wildman–Crippen LogP) is 4.02. The molecule has 0 aliphatic carbocycles. The zero-order chi connectivity index (χ0) is 45.6. The fourth-order valence-electron chi connectivity index (χ4n) is 6.86. The number of likely N-dealkylation sites (N-methyl/N-ethyl adjacent to an activating group) is 3. The van der Waals surface area contributed by atoms with Gasteiger partial charge in [-0.25, -0.2) is 9.59 Å². The van der Waals surface area contributed by atoms with Gasteiger partial charge < -0.3 is 39.9 Å². The predicted molar refractivity (Wildman–Crippen MR) is 226 cm³/mol. The first kappa shape index (κ1) is 52.7. The van der Waals surface area contributed by atoms with E-state index in [4.69, 9.17) is 9.47 Å². The lowest BCUT2D eigenvalue weighted by Gasteiger charge is -2.37. The van der Waals surface area contributed by atoms with Crippen molar-refractivity contribution in [3.05, 3.63) is 23.3 Å². The summed E-state index contributed by atoms with van der Waals surface area (Å²) in [5, 5.41) is 16.9. The van der Waals surface area contributed by atoms with Gasteiger partial charge in [0.2, 0.25) is 23.6 Å². The molecule has 0 aromatic rings. The quantitative estimate of drug-likeness (QED) is 0.238. The number of hydrogen-bond acceptors (Lipinski definition) is 10. The molecular weight excluding hydrogens is 759 g/mol. The molecule has 1 rings (SSSR count). The van der Waals surface area contributed by atoms with Gasteiger partial charge in [-0.3, -0.25) is 24.0 Å². The number of nitrogens with zero attached hydrogens (tertiary/aromatic N) is 3. The fourth-order valence-corrected chi connectivity index (χ4v) is 6.86. The third-order valence-electron chi connectivity index (χ3n) is 11.7. The van der Waals surface area contributed by atoms with Gasteiger partial charge in [-0.05, 0) is 63.4 Å². The van der Waals surface area contributed by atoms with Gasteiger partial charge in [0.05, 0.1) is 12.6 Å². The molecule has 0 fully saturated rings. The molecule has 0 saturated heterocycles. The molecule has 0 spiro atoms. The van der Waals surface area contributed by atoms with Crippen LogP contribution in [0.25, 0.3) is 0 Å². The maximum absolute atomic E-state index is 14.2. The number of hydrogen-bond donors (Lipinski definition) is 3. The zero-order valence-electron chi connectivity index (χ0n) is 38.6. The molecule has 1 heterocycles. The summed E-state index contributed by atoms with van der Waals surface area (Å²) in [5.41, 5.74) is 0.833. The van der Waals surface area contributed by atoms with Crippen LogP contribution >= 0.6 is 0 Å². The van der Waals surface area contributed by atoms with E-state index in [1.54, 1.807) is 48.5 Å². The molecule has 1 aliphatic rings. The van der Waals surface area contributed by atoms with Crippen molar-refractivity contribution in [3.63, 3.8) is 0 Å². The number of carbonyl (C=O) groups is 7. The summed E-state index contributed by atoms with van der Waals surface area (Å²) in [4.78, 5) is 101. The van der Waals surface area contributed by atoms with Crippen molar-refractivity contribution in [1.29, 1.82) is 0 Å². The van der Waals surface area contributed by atoms with Crippen LogP contribution < -0.4 is 10.6 Å². The van der Waals surface area contributed by atoms with Crippen LogP contribution in [-0.4, -0.2) is 131 Å².